The lowest BCUT2D eigenvalue weighted by Crippen LogP contribution is -2.43. The predicted octanol–water partition coefficient (Wildman–Crippen LogP) is 2.48. The lowest BCUT2D eigenvalue weighted by Gasteiger charge is -2.23. The van der Waals surface area contributed by atoms with Crippen molar-refractivity contribution in [2.45, 2.75) is 19.0 Å². The molecule has 28 heavy (non-hydrogen) atoms. The number of halogens is 3. The molecule has 0 unspecified atom stereocenters. The van der Waals surface area contributed by atoms with E-state index < -0.39 is 17.6 Å². The number of carbonyl (C=O) groups is 3. The monoisotopic (exact) mass is 395 g/mol. The van der Waals surface area contributed by atoms with E-state index in [0.29, 0.717) is 12.8 Å². The maximum atomic E-state index is 13.0. The van der Waals surface area contributed by atoms with Gasteiger partial charge in [-0.1, -0.05) is 24.3 Å². The number of nitrogens with one attached hydrogen (secondary N) is 1. The molecule has 0 bridgehead atoms. The van der Waals surface area contributed by atoms with Crippen LogP contribution in [0, 0.1) is 11.8 Å². The number of allylic oxidation sites excluding steroid dienone is 2. The van der Waals surface area contributed by atoms with Gasteiger partial charge in [0.05, 0.1) is 36.3 Å². The Hall–Kier alpha value is -2.68. The van der Waals surface area contributed by atoms with Crippen LogP contribution in [0.4, 0.5) is 18.9 Å². The number of carbonyl (C=O) groups excluding carboxylic acids is 3. The number of likely N-dealkylation sites (tertiary alicyclic amines) is 1. The molecule has 2 aliphatic rings. The van der Waals surface area contributed by atoms with E-state index in [1.165, 1.54) is 30.1 Å². The van der Waals surface area contributed by atoms with Crippen LogP contribution in [-0.4, -0.2) is 47.8 Å². The summed E-state index contributed by atoms with van der Waals surface area (Å²) in [4.78, 5) is 39.6. The molecule has 1 aromatic rings. The summed E-state index contributed by atoms with van der Waals surface area (Å²) < 4.78 is 39.0. The Morgan fingerprint density at radius 1 is 1.14 bits per heavy atom. The molecular formula is C19H20F3N3O3. The van der Waals surface area contributed by atoms with E-state index in [1.807, 2.05) is 12.2 Å². The van der Waals surface area contributed by atoms with Crippen molar-refractivity contribution >= 4 is 23.4 Å². The Morgan fingerprint density at radius 3 is 2.29 bits per heavy atom. The van der Waals surface area contributed by atoms with Gasteiger partial charge in [-0.3, -0.25) is 24.2 Å². The van der Waals surface area contributed by atoms with E-state index in [-0.39, 0.29) is 42.6 Å². The molecule has 6 nitrogen and oxygen atoms in total. The van der Waals surface area contributed by atoms with Gasteiger partial charge in [-0.2, -0.15) is 13.2 Å². The van der Waals surface area contributed by atoms with Crippen molar-refractivity contribution in [2.24, 2.45) is 11.8 Å². The maximum absolute atomic E-state index is 13.0. The number of fused-ring (bicyclic) bond motifs is 1. The summed E-state index contributed by atoms with van der Waals surface area (Å²) in [7, 11) is 1.52. The molecule has 3 amide bonds. The molecule has 150 valence electrons. The van der Waals surface area contributed by atoms with Crippen LogP contribution in [0.25, 0.3) is 0 Å². The molecule has 1 saturated heterocycles. The number of nitrogens with zero attached hydrogens (tertiary/aromatic N) is 2. The van der Waals surface area contributed by atoms with Gasteiger partial charge in [-0.05, 0) is 32.0 Å². The number of imide groups is 1. The van der Waals surface area contributed by atoms with Crippen LogP contribution in [-0.2, 0) is 20.6 Å². The van der Waals surface area contributed by atoms with Gasteiger partial charge in [-0.15, -0.1) is 0 Å². The van der Waals surface area contributed by atoms with Gasteiger partial charge in [0, 0.05) is 0 Å². The first-order chi connectivity index (χ1) is 13.2. The van der Waals surface area contributed by atoms with Crippen molar-refractivity contribution in [1.82, 2.24) is 9.80 Å². The van der Waals surface area contributed by atoms with E-state index in [4.69, 9.17) is 0 Å². The van der Waals surface area contributed by atoms with Crippen LogP contribution in [0.3, 0.4) is 0 Å². The summed E-state index contributed by atoms with van der Waals surface area (Å²) in [6.45, 7) is -0.351. The zero-order valence-electron chi connectivity index (χ0n) is 15.2. The van der Waals surface area contributed by atoms with Crippen LogP contribution in [0.5, 0.6) is 0 Å². The molecule has 2 atom stereocenters. The number of likely N-dealkylation sites (N-methyl/N-ethyl adjacent to an activating group) is 1. The first kappa shape index (κ1) is 20.1. The summed E-state index contributed by atoms with van der Waals surface area (Å²) in [5, 5.41) is 2.25. The topological polar surface area (TPSA) is 69.7 Å². The molecule has 1 heterocycles. The van der Waals surface area contributed by atoms with E-state index in [0.717, 1.165) is 11.0 Å². The lowest BCUT2D eigenvalue weighted by molar-refractivity contribution is -0.143. The summed E-state index contributed by atoms with van der Waals surface area (Å²) >= 11 is 0. The highest BCUT2D eigenvalue weighted by Crippen LogP contribution is 2.35. The Morgan fingerprint density at radius 2 is 1.71 bits per heavy atom. The number of anilines is 1. The molecule has 1 aliphatic carbocycles. The SMILES string of the molecule is CN(CC(=O)Nc1ccccc1C(F)(F)F)CN1C(=O)[C@H]2CC=CC[C@@H]2C1=O. The van der Waals surface area contributed by atoms with E-state index in [2.05, 4.69) is 5.32 Å². The molecule has 0 spiro atoms. The Kier molecular flexibility index (Phi) is 5.55. The summed E-state index contributed by atoms with van der Waals surface area (Å²) in [5.74, 6) is -1.93. The highest BCUT2D eigenvalue weighted by Gasteiger charge is 2.47. The quantitative estimate of drug-likeness (QED) is 0.614. The summed E-state index contributed by atoms with van der Waals surface area (Å²) in [5.41, 5.74) is -1.27. The van der Waals surface area contributed by atoms with Gasteiger partial charge in [0.1, 0.15) is 0 Å². The van der Waals surface area contributed by atoms with Crippen molar-refractivity contribution in [3.8, 4) is 0 Å². The molecule has 0 saturated carbocycles. The lowest BCUT2D eigenvalue weighted by atomic mass is 9.85. The third-order valence-electron chi connectivity index (χ3n) is 4.90. The predicted molar refractivity (Wildman–Crippen MR) is 94.8 cm³/mol. The van der Waals surface area contributed by atoms with Crippen molar-refractivity contribution in [3.05, 3.63) is 42.0 Å². The fraction of sp³-hybridized carbons (Fsp3) is 0.421. The first-order valence-corrected chi connectivity index (χ1v) is 8.83. The molecule has 9 heteroatoms. The van der Waals surface area contributed by atoms with Crippen LogP contribution in [0.2, 0.25) is 0 Å². The van der Waals surface area contributed by atoms with Crippen molar-refractivity contribution in [3.63, 3.8) is 0 Å². The van der Waals surface area contributed by atoms with Gasteiger partial charge >= 0.3 is 6.18 Å². The summed E-state index contributed by atoms with van der Waals surface area (Å²) in [6.07, 6.45) is 0.207. The second kappa shape index (κ2) is 7.75. The normalized spacial score (nSPS) is 22.0. The average Bonchev–Trinajstić information content (AvgIpc) is 2.86. The number of alkyl halides is 3. The largest absolute Gasteiger partial charge is 0.418 e. The van der Waals surface area contributed by atoms with Crippen molar-refractivity contribution in [1.29, 1.82) is 0 Å². The molecule has 1 aromatic carbocycles. The highest BCUT2D eigenvalue weighted by molar-refractivity contribution is 6.05. The zero-order valence-corrected chi connectivity index (χ0v) is 15.2. The standard InChI is InChI=1S/C19H20F3N3O3/c1-24(11-25-17(27)12-6-2-3-7-13(12)18(25)28)10-16(26)23-15-9-5-4-8-14(15)19(20,21)22/h2-5,8-9,12-13H,6-7,10-11H2,1H3,(H,23,26)/t12-,13-/m0/s1. The first-order valence-electron chi connectivity index (χ1n) is 8.83. The molecule has 0 aromatic heterocycles. The number of benzene rings is 1. The fourth-order valence-electron chi connectivity index (χ4n) is 3.57. The van der Waals surface area contributed by atoms with Crippen LogP contribution in [0.1, 0.15) is 18.4 Å². The van der Waals surface area contributed by atoms with Gasteiger partial charge < -0.3 is 5.32 Å². The number of hydrogen-bond acceptors (Lipinski definition) is 4. The minimum Gasteiger partial charge on any atom is -0.324 e. The second-order valence-corrected chi connectivity index (χ2v) is 7.01. The van der Waals surface area contributed by atoms with Crippen LogP contribution < -0.4 is 5.32 Å². The third kappa shape index (κ3) is 4.09. The van der Waals surface area contributed by atoms with E-state index >= 15 is 0 Å². The number of amides is 3. The highest BCUT2D eigenvalue weighted by atomic mass is 19.4. The molecular weight excluding hydrogens is 375 g/mol. The van der Waals surface area contributed by atoms with Gasteiger partial charge in [-0.25, -0.2) is 0 Å². The van der Waals surface area contributed by atoms with Gasteiger partial charge in [0.15, 0.2) is 0 Å². The second-order valence-electron chi connectivity index (χ2n) is 7.01. The summed E-state index contributed by atoms with van der Waals surface area (Å²) in [6, 6.07) is 4.69. The van der Waals surface area contributed by atoms with Crippen molar-refractivity contribution < 1.29 is 27.6 Å². The molecule has 1 N–H and O–H groups in total. The zero-order chi connectivity index (χ0) is 20.5. The number of rotatable bonds is 5. The van der Waals surface area contributed by atoms with E-state index in [9.17, 15) is 27.6 Å². The maximum Gasteiger partial charge on any atom is 0.418 e. The average molecular weight is 395 g/mol. The minimum atomic E-state index is -4.59. The number of hydrogen-bond donors (Lipinski definition) is 1. The fourth-order valence-corrected chi connectivity index (χ4v) is 3.57. The molecule has 3 rings (SSSR count). The molecule has 0 radical (unpaired) electrons. The smallest absolute Gasteiger partial charge is 0.324 e. The number of para-hydroxylation sites is 1. The molecule has 1 aliphatic heterocycles. The van der Waals surface area contributed by atoms with Crippen LogP contribution in [0.15, 0.2) is 36.4 Å². The van der Waals surface area contributed by atoms with Gasteiger partial charge in [0.2, 0.25) is 17.7 Å². The van der Waals surface area contributed by atoms with Crippen molar-refractivity contribution in [2.75, 3.05) is 25.6 Å². The molecule has 1 fully saturated rings. The minimum absolute atomic E-state index is 0.0843. The van der Waals surface area contributed by atoms with Gasteiger partial charge in [0.25, 0.3) is 0 Å². The van der Waals surface area contributed by atoms with Crippen LogP contribution >= 0.6 is 0 Å². The Labute approximate surface area is 160 Å². The Bertz CT molecular complexity index is 796. The third-order valence-corrected chi connectivity index (χ3v) is 4.90. The van der Waals surface area contributed by atoms with E-state index in [1.54, 1.807) is 0 Å². The Balaban J connectivity index is 1.60.